The van der Waals surface area contributed by atoms with E-state index < -0.39 is 11.7 Å². The summed E-state index contributed by atoms with van der Waals surface area (Å²) in [6.07, 6.45) is 2.00. The molecule has 0 bridgehead atoms. The van der Waals surface area contributed by atoms with Gasteiger partial charge in [0.25, 0.3) is 0 Å². The highest BCUT2D eigenvalue weighted by molar-refractivity contribution is 7.17. The summed E-state index contributed by atoms with van der Waals surface area (Å²) >= 11 is 1.08. The van der Waals surface area contributed by atoms with Crippen molar-refractivity contribution in [2.45, 2.75) is 26.4 Å². The third-order valence-corrected chi connectivity index (χ3v) is 2.47. The second-order valence-electron chi connectivity index (χ2n) is 4.22. The molecule has 0 aliphatic carbocycles. The lowest BCUT2D eigenvalue weighted by atomic mass is 10.2. The normalized spacial score (nSPS) is 10.8. The van der Waals surface area contributed by atoms with Crippen LogP contribution in [0.15, 0.2) is 18.9 Å². The van der Waals surface area contributed by atoms with Gasteiger partial charge in [-0.05, 0) is 26.8 Å². The minimum Gasteiger partial charge on any atom is -0.444 e. The predicted molar refractivity (Wildman–Crippen MR) is 66.5 cm³/mol. The first-order valence-electron chi connectivity index (χ1n) is 4.94. The molecular weight excluding hydrogens is 240 g/mol. The molecule has 17 heavy (non-hydrogen) atoms. The topological polar surface area (TPSA) is 68.3 Å². The zero-order valence-corrected chi connectivity index (χ0v) is 10.8. The standard InChI is InChI=1S/C11H14N2O3S/c1-5-7(14)8-6-12-9(17-8)13-10(15)16-11(2,3)4/h5-6H,1H2,2-4H3,(H,12,13,15). The summed E-state index contributed by atoms with van der Waals surface area (Å²) in [4.78, 5) is 27.0. The number of ether oxygens (including phenoxy) is 1. The Hall–Kier alpha value is -1.69. The fourth-order valence-corrected chi connectivity index (χ4v) is 1.67. The number of nitrogens with zero attached hydrogens (tertiary/aromatic N) is 1. The number of rotatable bonds is 3. The molecule has 0 radical (unpaired) electrons. The number of aromatic nitrogens is 1. The predicted octanol–water partition coefficient (Wildman–Crippen LogP) is 2.86. The summed E-state index contributed by atoms with van der Waals surface area (Å²) in [5.74, 6) is -0.222. The van der Waals surface area contributed by atoms with Crippen LogP contribution in [-0.4, -0.2) is 22.5 Å². The summed E-state index contributed by atoms with van der Waals surface area (Å²) in [5.41, 5.74) is -0.568. The van der Waals surface area contributed by atoms with E-state index >= 15 is 0 Å². The molecule has 1 heterocycles. The second-order valence-corrected chi connectivity index (χ2v) is 5.26. The number of carbonyl (C=O) groups is 2. The van der Waals surface area contributed by atoms with Crippen molar-refractivity contribution in [1.29, 1.82) is 0 Å². The van der Waals surface area contributed by atoms with Crippen LogP contribution in [0.5, 0.6) is 0 Å². The van der Waals surface area contributed by atoms with Gasteiger partial charge in [-0.1, -0.05) is 17.9 Å². The third kappa shape index (κ3) is 4.36. The van der Waals surface area contributed by atoms with Crippen LogP contribution in [0.2, 0.25) is 0 Å². The van der Waals surface area contributed by atoms with Gasteiger partial charge in [-0.3, -0.25) is 10.1 Å². The monoisotopic (exact) mass is 254 g/mol. The van der Waals surface area contributed by atoms with Gasteiger partial charge in [-0.15, -0.1) is 0 Å². The minimum atomic E-state index is -0.593. The number of ketones is 1. The highest BCUT2D eigenvalue weighted by atomic mass is 32.1. The molecule has 0 atom stereocenters. The number of amides is 1. The summed E-state index contributed by atoms with van der Waals surface area (Å²) in [6, 6.07) is 0. The molecule has 1 amide bonds. The Balaban J connectivity index is 2.64. The number of hydrogen-bond donors (Lipinski definition) is 1. The quantitative estimate of drug-likeness (QED) is 0.665. The Kier molecular flexibility index (Phi) is 4.01. The van der Waals surface area contributed by atoms with Gasteiger partial charge in [0, 0.05) is 0 Å². The summed E-state index contributed by atoms with van der Waals surface area (Å²) in [5, 5.41) is 2.78. The summed E-state index contributed by atoms with van der Waals surface area (Å²) in [7, 11) is 0. The van der Waals surface area contributed by atoms with Crippen molar-refractivity contribution >= 4 is 28.3 Å². The number of allylic oxidation sites excluding steroid dienone is 1. The average molecular weight is 254 g/mol. The molecule has 1 rings (SSSR count). The Labute approximate surface area is 104 Å². The molecule has 0 unspecified atom stereocenters. The lowest BCUT2D eigenvalue weighted by molar-refractivity contribution is 0.0635. The molecule has 5 nitrogen and oxygen atoms in total. The van der Waals surface area contributed by atoms with Crippen LogP contribution in [0.3, 0.4) is 0 Å². The molecule has 0 fully saturated rings. The molecule has 0 aliphatic heterocycles. The second kappa shape index (κ2) is 5.09. The van der Waals surface area contributed by atoms with E-state index in [2.05, 4.69) is 16.9 Å². The zero-order valence-electron chi connectivity index (χ0n) is 9.94. The van der Waals surface area contributed by atoms with Crippen LogP contribution in [0.4, 0.5) is 9.93 Å². The van der Waals surface area contributed by atoms with E-state index in [9.17, 15) is 9.59 Å². The maximum absolute atomic E-state index is 11.4. The molecule has 0 aliphatic rings. The van der Waals surface area contributed by atoms with Gasteiger partial charge < -0.3 is 4.74 Å². The van der Waals surface area contributed by atoms with Gasteiger partial charge in [0.05, 0.1) is 11.1 Å². The molecule has 1 aromatic heterocycles. The fraction of sp³-hybridized carbons (Fsp3) is 0.364. The summed E-state index contributed by atoms with van der Waals surface area (Å²) < 4.78 is 5.05. The van der Waals surface area contributed by atoms with Crippen molar-refractivity contribution in [2.24, 2.45) is 0 Å². The van der Waals surface area contributed by atoms with Crippen LogP contribution >= 0.6 is 11.3 Å². The fourth-order valence-electron chi connectivity index (χ4n) is 0.937. The molecular formula is C11H14N2O3S. The van der Waals surface area contributed by atoms with E-state index in [0.717, 1.165) is 11.3 Å². The van der Waals surface area contributed by atoms with Crippen LogP contribution < -0.4 is 5.32 Å². The number of hydrogen-bond acceptors (Lipinski definition) is 5. The van der Waals surface area contributed by atoms with E-state index in [-0.39, 0.29) is 5.78 Å². The largest absolute Gasteiger partial charge is 0.444 e. The van der Waals surface area contributed by atoms with Crippen molar-refractivity contribution in [1.82, 2.24) is 4.98 Å². The van der Waals surface area contributed by atoms with E-state index in [0.29, 0.717) is 10.0 Å². The number of thiazole rings is 1. The lowest BCUT2D eigenvalue weighted by Crippen LogP contribution is -2.27. The molecule has 0 spiro atoms. The average Bonchev–Trinajstić information content (AvgIpc) is 2.62. The SMILES string of the molecule is C=CC(=O)c1cnc(NC(=O)OC(C)(C)C)s1. The zero-order chi connectivity index (χ0) is 13.1. The Morgan fingerprint density at radius 1 is 1.53 bits per heavy atom. The van der Waals surface area contributed by atoms with Gasteiger partial charge in [0.1, 0.15) is 5.60 Å². The van der Waals surface area contributed by atoms with Gasteiger partial charge in [-0.2, -0.15) is 0 Å². The highest BCUT2D eigenvalue weighted by Gasteiger charge is 2.17. The molecule has 0 aromatic carbocycles. The van der Waals surface area contributed by atoms with Gasteiger partial charge in [0.2, 0.25) is 0 Å². The van der Waals surface area contributed by atoms with Crippen molar-refractivity contribution in [3.63, 3.8) is 0 Å². The molecule has 1 N–H and O–H groups in total. The van der Waals surface area contributed by atoms with Gasteiger partial charge in [0.15, 0.2) is 10.9 Å². The van der Waals surface area contributed by atoms with Crippen LogP contribution in [0.1, 0.15) is 30.4 Å². The molecule has 0 saturated carbocycles. The maximum atomic E-state index is 11.4. The molecule has 6 heteroatoms. The van der Waals surface area contributed by atoms with Crippen LogP contribution in [0, 0.1) is 0 Å². The molecule has 1 aromatic rings. The van der Waals surface area contributed by atoms with Gasteiger partial charge >= 0.3 is 6.09 Å². The van der Waals surface area contributed by atoms with Crippen molar-refractivity contribution in [2.75, 3.05) is 5.32 Å². The number of anilines is 1. The van der Waals surface area contributed by atoms with Crippen molar-refractivity contribution < 1.29 is 14.3 Å². The van der Waals surface area contributed by atoms with Crippen molar-refractivity contribution in [3.05, 3.63) is 23.7 Å². The Morgan fingerprint density at radius 3 is 2.71 bits per heavy atom. The van der Waals surface area contributed by atoms with Gasteiger partial charge in [-0.25, -0.2) is 9.78 Å². The number of carbonyl (C=O) groups excluding carboxylic acids is 2. The van der Waals surface area contributed by atoms with E-state index in [1.54, 1.807) is 20.8 Å². The van der Waals surface area contributed by atoms with E-state index in [1.165, 1.54) is 12.3 Å². The smallest absolute Gasteiger partial charge is 0.413 e. The first-order chi connectivity index (χ1) is 7.81. The van der Waals surface area contributed by atoms with Crippen LogP contribution in [0.25, 0.3) is 0 Å². The first kappa shape index (κ1) is 13.4. The Bertz CT molecular complexity index is 446. The van der Waals surface area contributed by atoms with Crippen LogP contribution in [-0.2, 0) is 4.74 Å². The minimum absolute atomic E-state index is 0.222. The highest BCUT2D eigenvalue weighted by Crippen LogP contribution is 2.19. The third-order valence-electron chi connectivity index (χ3n) is 1.54. The maximum Gasteiger partial charge on any atom is 0.413 e. The molecule has 0 saturated heterocycles. The van der Waals surface area contributed by atoms with E-state index in [1.807, 2.05) is 0 Å². The lowest BCUT2D eigenvalue weighted by Gasteiger charge is -2.18. The first-order valence-corrected chi connectivity index (χ1v) is 5.76. The molecule has 92 valence electrons. The van der Waals surface area contributed by atoms with E-state index in [4.69, 9.17) is 4.74 Å². The number of nitrogens with one attached hydrogen (secondary N) is 1. The van der Waals surface area contributed by atoms with Crippen molar-refractivity contribution in [3.8, 4) is 0 Å². The summed E-state index contributed by atoms with van der Waals surface area (Å²) in [6.45, 7) is 8.67. The Morgan fingerprint density at radius 2 is 2.18 bits per heavy atom.